The fourth-order valence-corrected chi connectivity index (χ4v) is 3.18. The highest BCUT2D eigenvalue weighted by atomic mass is 19.1. The van der Waals surface area contributed by atoms with E-state index in [1.165, 1.54) is 42.4 Å². The lowest BCUT2D eigenvalue weighted by Crippen LogP contribution is -2.05. The predicted molar refractivity (Wildman–Crippen MR) is 91.5 cm³/mol. The molecule has 0 fully saturated rings. The van der Waals surface area contributed by atoms with Crippen molar-refractivity contribution >= 4 is 5.57 Å². The Hall–Kier alpha value is -1.89. The summed E-state index contributed by atoms with van der Waals surface area (Å²) in [6.45, 7) is 2.24. The van der Waals surface area contributed by atoms with E-state index in [1.807, 2.05) is 12.1 Å². The van der Waals surface area contributed by atoms with Crippen molar-refractivity contribution < 1.29 is 4.39 Å². The van der Waals surface area contributed by atoms with Crippen LogP contribution in [0.5, 0.6) is 0 Å². The highest BCUT2D eigenvalue weighted by molar-refractivity contribution is 5.70. The van der Waals surface area contributed by atoms with Gasteiger partial charge in [-0.2, -0.15) is 0 Å². The molecule has 22 heavy (non-hydrogen) atoms. The van der Waals surface area contributed by atoms with Crippen molar-refractivity contribution in [3.8, 4) is 0 Å². The van der Waals surface area contributed by atoms with Gasteiger partial charge in [0.25, 0.3) is 0 Å². The maximum atomic E-state index is 13.8. The van der Waals surface area contributed by atoms with E-state index in [0.29, 0.717) is 6.42 Å². The van der Waals surface area contributed by atoms with Crippen molar-refractivity contribution in [2.45, 2.75) is 45.4 Å². The third-order valence-electron chi connectivity index (χ3n) is 4.54. The molecular formula is C21H23F. The van der Waals surface area contributed by atoms with Gasteiger partial charge in [-0.25, -0.2) is 4.39 Å². The van der Waals surface area contributed by atoms with Gasteiger partial charge in [-0.15, -0.1) is 0 Å². The molecule has 0 amide bonds. The van der Waals surface area contributed by atoms with E-state index in [9.17, 15) is 4.39 Å². The standard InChI is InChI=1S/C21H23F/c1-2-3-4-6-16-9-11-17(12-10-16)18-13-14-20-19(15-18)7-5-8-21(20)22/h5,7-13H,2-4,6,14-15H2,1H3. The van der Waals surface area contributed by atoms with E-state index in [1.54, 1.807) is 6.07 Å². The molecule has 1 heteroatoms. The summed E-state index contributed by atoms with van der Waals surface area (Å²) in [7, 11) is 0. The molecule has 0 aliphatic heterocycles. The minimum absolute atomic E-state index is 0.0703. The maximum absolute atomic E-state index is 13.8. The maximum Gasteiger partial charge on any atom is 0.126 e. The van der Waals surface area contributed by atoms with Gasteiger partial charge in [-0.05, 0) is 59.6 Å². The van der Waals surface area contributed by atoms with Gasteiger partial charge in [0.1, 0.15) is 5.82 Å². The van der Waals surface area contributed by atoms with E-state index in [0.717, 1.165) is 17.5 Å². The summed E-state index contributed by atoms with van der Waals surface area (Å²) in [5.41, 5.74) is 6.00. The van der Waals surface area contributed by atoms with Crippen LogP contribution in [0.3, 0.4) is 0 Å². The number of fused-ring (bicyclic) bond motifs is 1. The van der Waals surface area contributed by atoms with Gasteiger partial charge in [0.05, 0.1) is 0 Å². The molecule has 0 aromatic heterocycles. The molecule has 0 saturated heterocycles. The van der Waals surface area contributed by atoms with Gasteiger partial charge in [0.15, 0.2) is 0 Å². The molecule has 0 atom stereocenters. The minimum Gasteiger partial charge on any atom is -0.207 e. The lowest BCUT2D eigenvalue weighted by molar-refractivity contribution is 0.611. The van der Waals surface area contributed by atoms with E-state index in [4.69, 9.17) is 0 Å². The van der Waals surface area contributed by atoms with Gasteiger partial charge in [-0.1, -0.05) is 62.2 Å². The van der Waals surface area contributed by atoms with Gasteiger partial charge in [0, 0.05) is 0 Å². The smallest absolute Gasteiger partial charge is 0.126 e. The molecule has 2 aromatic rings. The first-order valence-corrected chi connectivity index (χ1v) is 8.32. The van der Waals surface area contributed by atoms with Crippen LogP contribution in [0.15, 0.2) is 48.5 Å². The van der Waals surface area contributed by atoms with Crippen molar-refractivity contribution in [3.05, 3.63) is 76.6 Å². The van der Waals surface area contributed by atoms with Crippen LogP contribution in [0.1, 0.15) is 48.4 Å². The highest BCUT2D eigenvalue weighted by Gasteiger charge is 2.15. The molecule has 0 nitrogen and oxygen atoms in total. The van der Waals surface area contributed by atoms with Crippen LogP contribution < -0.4 is 0 Å². The first kappa shape index (κ1) is 15.0. The topological polar surface area (TPSA) is 0 Å². The zero-order valence-electron chi connectivity index (χ0n) is 13.2. The van der Waals surface area contributed by atoms with Crippen LogP contribution in [0.4, 0.5) is 4.39 Å². The molecule has 1 aliphatic rings. The molecule has 0 saturated carbocycles. The summed E-state index contributed by atoms with van der Waals surface area (Å²) in [5, 5.41) is 0. The van der Waals surface area contributed by atoms with Crippen LogP contribution in [-0.4, -0.2) is 0 Å². The Balaban J connectivity index is 1.72. The van der Waals surface area contributed by atoms with Gasteiger partial charge in [-0.3, -0.25) is 0 Å². The largest absolute Gasteiger partial charge is 0.207 e. The van der Waals surface area contributed by atoms with Crippen molar-refractivity contribution in [1.29, 1.82) is 0 Å². The Kier molecular flexibility index (Phi) is 4.72. The van der Waals surface area contributed by atoms with Crippen LogP contribution >= 0.6 is 0 Å². The molecule has 0 radical (unpaired) electrons. The van der Waals surface area contributed by atoms with E-state index >= 15 is 0 Å². The number of hydrogen-bond donors (Lipinski definition) is 0. The second-order valence-corrected chi connectivity index (χ2v) is 6.14. The SMILES string of the molecule is CCCCCc1ccc(C2=CCc3c(F)cccc3C2)cc1. The number of rotatable bonds is 5. The Labute approximate surface area is 132 Å². The minimum atomic E-state index is -0.0703. The lowest BCUT2D eigenvalue weighted by Gasteiger charge is -2.18. The fourth-order valence-electron chi connectivity index (χ4n) is 3.18. The molecule has 0 heterocycles. The predicted octanol–water partition coefficient (Wildman–Crippen LogP) is 5.74. The molecule has 1 aliphatic carbocycles. The lowest BCUT2D eigenvalue weighted by atomic mass is 9.87. The summed E-state index contributed by atoms with van der Waals surface area (Å²) in [5.74, 6) is -0.0703. The van der Waals surface area contributed by atoms with Gasteiger partial charge >= 0.3 is 0 Å². The molecular weight excluding hydrogens is 271 g/mol. The molecule has 0 bridgehead atoms. The molecule has 2 aromatic carbocycles. The summed E-state index contributed by atoms with van der Waals surface area (Å²) in [6.07, 6.45) is 8.72. The quantitative estimate of drug-likeness (QED) is 0.617. The average molecular weight is 294 g/mol. The van der Waals surface area contributed by atoms with Crippen LogP contribution in [0.25, 0.3) is 5.57 Å². The van der Waals surface area contributed by atoms with Crippen LogP contribution in [0.2, 0.25) is 0 Å². The second-order valence-electron chi connectivity index (χ2n) is 6.14. The molecule has 3 rings (SSSR count). The Morgan fingerprint density at radius 2 is 1.82 bits per heavy atom. The third-order valence-corrected chi connectivity index (χ3v) is 4.54. The van der Waals surface area contributed by atoms with Crippen molar-refractivity contribution in [3.63, 3.8) is 0 Å². The summed E-state index contributed by atoms with van der Waals surface area (Å²) >= 11 is 0. The Morgan fingerprint density at radius 1 is 1.00 bits per heavy atom. The fraction of sp³-hybridized carbons (Fsp3) is 0.333. The normalized spacial score (nSPS) is 13.6. The van der Waals surface area contributed by atoms with Gasteiger partial charge in [0.2, 0.25) is 0 Å². The van der Waals surface area contributed by atoms with Gasteiger partial charge < -0.3 is 0 Å². The van der Waals surface area contributed by atoms with Crippen molar-refractivity contribution in [2.24, 2.45) is 0 Å². The first-order valence-electron chi connectivity index (χ1n) is 8.32. The zero-order chi connectivity index (χ0) is 15.4. The summed E-state index contributed by atoms with van der Waals surface area (Å²) in [6, 6.07) is 14.3. The highest BCUT2D eigenvalue weighted by Crippen LogP contribution is 2.29. The molecule has 0 N–H and O–H groups in total. The third kappa shape index (κ3) is 3.30. The Morgan fingerprint density at radius 3 is 2.59 bits per heavy atom. The first-order chi connectivity index (χ1) is 10.8. The molecule has 0 unspecified atom stereocenters. The number of hydrogen-bond acceptors (Lipinski definition) is 0. The number of allylic oxidation sites excluding steroid dienone is 2. The zero-order valence-corrected chi connectivity index (χ0v) is 13.2. The number of unbranched alkanes of at least 4 members (excludes halogenated alkanes) is 2. The Bertz CT molecular complexity index is 665. The molecule has 114 valence electrons. The number of benzene rings is 2. The monoisotopic (exact) mass is 294 g/mol. The van der Waals surface area contributed by atoms with Crippen molar-refractivity contribution in [1.82, 2.24) is 0 Å². The number of aryl methyl sites for hydroxylation is 1. The second kappa shape index (κ2) is 6.91. The molecule has 0 spiro atoms. The average Bonchev–Trinajstić information content (AvgIpc) is 2.56. The number of halogens is 1. The van der Waals surface area contributed by atoms with Crippen LogP contribution in [0, 0.1) is 5.82 Å². The summed E-state index contributed by atoms with van der Waals surface area (Å²) < 4.78 is 13.8. The van der Waals surface area contributed by atoms with Crippen LogP contribution in [-0.2, 0) is 19.3 Å². The van der Waals surface area contributed by atoms with Crippen molar-refractivity contribution in [2.75, 3.05) is 0 Å². The van der Waals surface area contributed by atoms with E-state index in [2.05, 4.69) is 37.3 Å². The van der Waals surface area contributed by atoms with E-state index < -0.39 is 0 Å². The summed E-state index contributed by atoms with van der Waals surface area (Å²) in [4.78, 5) is 0. The van der Waals surface area contributed by atoms with E-state index in [-0.39, 0.29) is 5.82 Å².